The molecule has 1 aromatic rings. The maximum absolute atomic E-state index is 11.8. The highest BCUT2D eigenvalue weighted by atomic mass is 16.2. The molecule has 2 amide bonds. The number of urea groups is 1. The Morgan fingerprint density at radius 2 is 1.70 bits per heavy atom. The lowest BCUT2D eigenvalue weighted by molar-refractivity contribution is 0.252. The molecule has 108 valence electrons. The first-order valence-electron chi connectivity index (χ1n) is 7.03. The summed E-state index contributed by atoms with van der Waals surface area (Å²) in [7, 11) is 0. The van der Waals surface area contributed by atoms with Gasteiger partial charge in [0.25, 0.3) is 0 Å². The van der Waals surface area contributed by atoms with Crippen molar-refractivity contribution in [3.8, 4) is 6.07 Å². The third-order valence-corrected chi connectivity index (χ3v) is 3.15. The molecule has 0 aliphatic carbocycles. The van der Waals surface area contributed by atoms with Gasteiger partial charge in [0, 0.05) is 12.2 Å². The molecule has 0 bridgehead atoms. The number of nitrogens with one attached hydrogen (secondary N) is 2. The van der Waals surface area contributed by atoms with Gasteiger partial charge in [-0.25, -0.2) is 4.79 Å². The molecule has 0 fully saturated rings. The van der Waals surface area contributed by atoms with Crippen LogP contribution in [-0.2, 0) is 0 Å². The number of hydrogen-bond acceptors (Lipinski definition) is 2. The fraction of sp³-hybridized carbons (Fsp3) is 0.500. The van der Waals surface area contributed by atoms with Crippen LogP contribution in [0.4, 0.5) is 10.5 Å². The van der Waals surface area contributed by atoms with Gasteiger partial charge in [-0.15, -0.1) is 0 Å². The normalized spacial score (nSPS) is 10.5. The van der Waals surface area contributed by atoms with Crippen molar-refractivity contribution in [1.82, 2.24) is 5.32 Å². The van der Waals surface area contributed by atoms with E-state index in [1.54, 1.807) is 0 Å². The van der Waals surface area contributed by atoms with Crippen LogP contribution in [0.2, 0.25) is 0 Å². The molecule has 0 aliphatic heterocycles. The predicted octanol–water partition coefficient (Wildman–Crippen LogP) is 3.95. The Balaban J connectivity index is 3.36. The van der Waals surface area contributed by atoms with E-state index in [2.05, 4.69) is 44.4 Å². The Morgan fingerprint density at radius 1 is 1.20 bits per heavy atom. The first-order valence-corrected chi connectivity index (χ1v) is 7.03. The molecular formula is C16H23N3O. The van der Waals surface area contributed by atoms with Crippen molar-refractivity contribution < 1.29 is 4.79 Å². The van der Waals surface area contributed by atoms with Gasteiger partial charge in [0.05, 0.1) is 11.6 Å². The molecule has 0 saturated carbocycles. The first kappa shape index (κ1) is 16.0. The standard InChI is InChI=1S/C16H23N3O/c1-6-18-16(20)19-15-13(10(2)3)7-12(9-17)8-14(15)11(4)5/h7-8,10-11H,6H2,1-5H3,(H2,18,19,20). The van der Waals surface area contributed by atoms with Gasteiger partial charge in [-0.05, 0) is 42.0 Å². The van der Waals surface area contributed by atoms with Crippen molar-refractivity contribution in [2.45, 2.75) is 46.5 Å². The maximum Gasteiger partial charge on any atom is 0.319 e. The van der Waals surface area contributed by atoms with Crippen LogP contribution < -0.4 is 10.6 Å². The van der Waals surface area contributed by atoms with Crippen LogP contribution in [0.15, 0.2) is 12.1 Å². The van der Waals surface area contributed by atoms with Crippen molar-refractivity contribution in [2.24, 2.45) is 0 Å². The van der Waals surface area contributed by atoms with E-state index in [1.165, 1.54) is 0 Å². The van der Waals surface area contributed by atoms with E-state index >= 15 is 0 Å². The second-order valence-electron chi connectivity index (χ2n) is 5.44. The topological polar surface area (TPSA) is 64.9 Å². The monoisotopic (exact) mass is 273 g/mol. The summed E-state index contributed by atoms with van der Waals surface area (Å²) in [5, 5.41) is 14.8. The minimum atomic E-state index is -0.207. The van der Waals surface area contributed by atoms with E-state index in [1.807, 2.05) is 19.1 Å². The SMILES string of the molecule is CCNC(=O)Nc1c(C(C)C)cc(C#N)cc1C(C)C. The molecule has 0 atom stereocenters. The van der Waals surface area contributed by atoms with Crippen molar-refractivity contribution in [3.63, 3.8) is 0 Å². The molecule has 0 saturated heterocycles. The van der Waals surface area contributed by atoms with E-state index in [4.69, 9.17) is 5.26 Å². The minimum Gasteiger partial charge on any atom is -0.338 e. The highest BCUT2D eigenvalue weighted by Gasteiger charge is 2.17. The zero-order valence-electron chi connectivity index (χ0n) is 12.9. The number of nitriles is 1. The fourth-order valence-corrected chi connectivity index (χ4v) is 2.13. The molecular weight excluding hydrogens is 250 g/mol. The lowest BCUT2D eigenvalue weighted by Gasteiger charge is -2.21. The fourth-order valence-electron chi connectivity index (χ4n) is 2.13. The smallest absolute Gasteiger partial charge is 0.319 e. The third kappa shape index (κ3) is 3.74. The van der Waals surface area contributed by atoms with Gasteiger partial charge in [-0.3, -0.25) is 0 Å². The van der Waals surface area contributed by atoms with Gasteiger partial charge >= 0.3 is 6.03 Å². The van der Waals surface area contributed by atoms with Crippen molar-refractivity contribution >= 4 is 11.7 Å². The molecule has 4 heteroatoms. The molecule has 1 aromatic carbocycles. The van der Waals surface area contributed by atoms with Gasteiger partial charge in [0.2, 0.25) is 0 Å². The second kappa shape index (κ2) is 6.95. The number of rotatable bonds is 4. The quantitative estimate of drug-likeness (QED) is 0.872. The van der Waals surface area contributed by atoms with Crippen LogP contribution in [0, 0.1) is 11.3 Å². The van der Waals surface area contributed by atoms with E-state index in [9.17, 15) is 4.79 Å². The van der Waals surface area contributed by atoms with Crippen molar-refractivity contribution in [3.05, 3.63) is 28.8 Å². The Morgan fingerprint density at radius 3 is 2.05 bits per heavy atom. The Kier molecular flexibility index (Phi) is 5.57. The second-order valence-corrected chi connectivity index (χ2v) is 5.44. The van der Waals surface area contributed by atoms with Gasteiger partial charge < -0.3 is 10.6 Å². The Hall–Kier alpha value is -2.02. The molecule has 1 rings (SSSR count). The van der Waals surface area contributed by atoms with Crippen LogP contribution in [-0.4, -0.2) is 12.6 Å². The number of nitrogens with zero attached hydrogens (tertiary/aromatic N) is 1. The van der Waals surface area contributed by atoms with Gasteiger partial charge in [-0.1, -0.05) is 27.7 Å². The number of carbonyl (C=O) groups is 1. The predicted molar refractivity (Wildman–Crippen MR) is 82.0 cm³/mol. The van der Waals surface area contributed by atoms with Gasteiger partial charge in [-0.2, -0.15) is 5.26 Å². The minimum absolute atomic E-state index is 0.207. The highest BCUT2D eigenvalue weighted by molar-refractivity contribution is 5.91. The number of amides is 2. The zero-order valence-corrected chi connectivity index (χ0v) is 12.9. The van der Waals surface area contributed by atoms with Crippen molar-refractivity contribution in [2.75, 3.05) is 11.9 Å². The summed E-state index contributed by atoms with van der Waals surface area (Å²) in [6, 6.07) is 5.71. The van der Waals surface area contributed by atoms with E-state index in [0.717, 1.165) is 16.8 Å². The average molecular weight is 273 g/mol. The molecule has 2 N–H and O–H groups in total. The summed E-state index contributed by atoms with van der Waals surface area (Å²) in [4.78, 5) is 11.8. The van der Waals surface area contributed by atoms with Crippen LogP contribution in [0.5, 0.6) is 0 Å². The van der Waals surface area contributed by atoms with Gasteiger partial charge in [0.1, 0.15) is 0 Å². The lowest BCUT2D eigenvalue weighted by atomic mass is 9.90. The highest BCUT2D eigenvalue weighted by Crippen LogP contribution is 2.33. The number of benzene rings is 1. The lowest BCUT2D eigenvalue weighted by Crippen LogP contribution is -2.29. The number of carbonyl (C=O) groups excluding carboxylic acids is 1. The molecule has 0 unspecified atom stereocenters. The molecule has 0 heterocycles. The molecule has 4 nitrogen and oxygen atoms in total. The Bertz CT molecular complexity index is 498. The van der Waals surface area contributed by atoms with Gasteiger partial charge in [0.15, 0.2) is 0 Å². The summed E-state index contributed by atoms with van der Waals surface area (Å²) in [6.07, 6.45) is 0. The largest absolute Gasteiger partial charge is 0.338 e. The average Bonchev–Trinajstić information content (AvgIpc) is 2.38. The molecule has 0 aliphatic rings. The first-order chi connectivity index (χ1) is 9.40. The summed E-state index contributed by atoms with van der Waals surface area (Å²) in [6.45, 7) is 10.7. The van der Waals surface area contributed by atoms with E-state index in [-0.39, 0.29) is 17.9 Å². The zero-order chi connectivity index (χ0) is 15.3. The maximum atomic E-state index is 11.8. The van der Waals surface area contributed by atoms with Crippen LogP contribution >= 0.6 is 0 Å². The molecule has 0 spiro atoms. The molecule has 0 aromatic heterocycles. The summed E-state index contributed by atoms with van der Waals surface area (Å²) in [5.74, 6) is 0.468. The molecule has 0 radical (unpaired) electrons. The summed E-state index contributed by atoms with van der Waals surface area (Å²) >= 11 is 0. The Labute approximate surface area is 121 Å². The van der Waals surface area contributed by atoms with Crippen LogP contribution in [0.1, 0.15) is 63.1 Å². The summed E-state index contributed by atoms with van der Waals surface area (Å²) < 4.78 is 0. The third-order valence-electron chi connectivity index (χ3n) is 3.15. The van der Waals surface area contributed by atoms with Crippen molar-refractivity contribution in [1.29, 1.82) is 5.26 Å². The van der Waals surface area contributed by atoms with E-state index in [0.29, 0.717) is 12.1 Å². The van der Waals surface area contributed by atoms with Crippen LogP contribution in [0.3, 0.4) is 0 Å². The number of hydrogen-bond donors (Lipinski definition) is 2. The van der Waals surface area contributed by atoms with E-state index < -0.39 is 0 Å². The summed E-state index contributed by atoms with van der Waals surface area (Å²) in [5.41, 5.74) is 3.47. The molecule has 20 heavy (non-hydrogen) atoms. The number of anilines is 1. The van der Waals surface area contributed by atoms with Crippen LogP contribution in [0.25, 0.3) is 0 Å².